The Morgan fingerprint density at radius 3 is 2.65 bits per heavy atom. The predicted octanol–water partition coefficient (Wildman–Crippen LogP) is 4.45. The second-order valence-corrected chi connectivity index (χ2v) is 6.26. The summed E-state index contributed by atoms with van der Waals surface area (Å²) in [5.74, 6) is 1.48. The van der Waals surface area contributed by atoms with Gasteiger partial charge in [0.25, 0.3) is 0 Å². The average Bonchev–Trinajstić information content (AvgIpc) is 2.82. The lowest BCUT2D eigenvalue weighted by Crippen LogP contribution is -2.25. The van der Waals surface area contributed by atoms with Crippen molar-refractivity contribution < 1.29 is 4.52 Å². The van der Waals surface area contributed by atoms with Crippen LogP contribution in [-0.2, 0) is 5.41 Å². The van der Waals surface area contributed by atoms with Crippen LogP contribution in [0.25, 0.3) is 11.1 Å². The number of benzene rings is 1. The van der Waals surface area contributed by atoms with E-state index in [9.17, 15) is 0 Å². The molecule has 20 heavy (non-hydrogen) atoms. The first kappa shape index (κ1) is 13.2. The molecule has 2 aromatic rings. The number of anilines is 1. The number of aryl methyl sites for hydroxylation is 1. The molecule has 106 valence electrons. The van der Waals surface area contributed by atoms with Crippen LogP contribution >= 0.6 is 0 Å². The van der Waals surface area contributed by atoms with Crippen molar-refractivity contribution in [3.8, 4) is 11.1 Å². The third kappa shape index (κ3) is 2.21. The van der Waals surface area contributed by atoms with Crippen LogP contribution in [0.2, 0.25) is 0 Å². The highest BCUT2D eigenvalue weighted by Crippen LogP contribution is 2.45. The van der Waals surface area contributed by atoms with Crippen molar-refractivity contribution in [1.29, 1.82) is 0 Å². The first-order valence-corrected chi connectivity index (χ1v) is 7.43. The minimum atomic E-state index is 0.0714. The Morgan fingerprint density at radius 1 is 1.20 bits per heavy atom. The van der Waals surface area contributed by atoms with Gasteiger partial charge in [-0.2, -0.15) is 0 Å². The second-order valence-electron chi connectivity index (χ2n) is 6.26. The number of hydrogen-bond donors (Lipinski definition) is 1. The maximum Gasteiger partial charge on any atom is 0.175 e. The van der Waals surface area contributed by atoms with Gasteiger partial charge in [0.2, 0.25) is 0 Å². The van der Waals surface area contributed by atoms with Crippen LogP contribution in [0.3, 0.4) is 0 Å². The number of rotatable bonds is 2. The third-order valence-corrected chi connectivity index (χ3v) is 4.53. The van der Waals surface area contributed by atoms with Gasteiger partial charge >= 0.3 is 0 Å². The third-order valence-electron chi connectivity index (χ3n) is 4.53. The summed E-state index contributed by atoms with van der Waals surface area (Å²) in [6.07, 6.45) is 6.13. The highest BCUT2D eigenvalue weighted by atomic mass is 16.5. The molecule has 1 aromatic carbocycles. The summed E-state index contributed by atoms with van der Waals surface area (Å²) >= 11 is 0. The summed E-state index contributed by atoms with van der Waals surface area (Å²) in [5.41, 5.74) is 9.49. The van der Waals surface area contributed by atoms with E-state index in [0.29, 0.717) is 5.82 Å². The van der Waals surface area contributed by atoms with E-state index in [-0.39, 0.29) is 5.41 Å². The SMILES string of the molecule is Cc1cccc(-c2c(N)noc2C2(C)CCCCC2)c1. The zero-order chi connectivity index (χ0) is 14.2. The minimum absolute atomic E-state index is 0.0714. The van der Waals surface area contributed by atoms with Crippen molar-refractivity contribution >= 4 is 5.82 Å². The highest BCUT2D eigenvalue weighted by Gasteiger charge is 2.36. The Balaban J connectivity index is 2.10. The maximum absolute atomic E-state index is 6.08. The van der Waals surface area contributed by atoms with Crippen LogP contribution < -0.4 is 5.73 Å². The Morgan fingerprint density at radius 2 is 1.95 bits per heavy atom. The van der Waals surface area contributed by atoms with Gasteiger partial charge in [0.15, 0.2) is 11.6 Å². The summed E-state index contributed by atoms with van der Waals surface area (Å²) in [5, 5.41) is 4.05. The molecule has 0 bridgehead atoms. The smallest absolute Gasteiger partial charge is 0.175 e. The topological polar surface area (TPSA) is 52.0 Å². The Labute approximate surface area is 120 Å². The minimum Gasteiger partial charge on any atom is -0.380 e. The van der Waals surface area contributed by atoms with Crippen LogP contribution in [0.1, 0.15) is 50.4 Å². The number of hydrogen-bond acceptors (Lipinski definition) is 3. The quantitative estimate of drug-likeness (QED) is 0.876. The summed E-state index contributed by atoms with van der Waals surface area (Å²) < 4.78 is 5.66. The first-order chi connectivity index (χ1) is 9.60. The lowest BCUT2D eigenvalue weighted by atomic mass is 9.72. The second kappa shape index (κ2) is 4.97. The zero-order valence-electron chi connectivity index (χ0n) is 12.3. The van der Waals surface area contributed by atoms with E-state index in [1.54, 1.807) is 0 Å². The molecule has 1 saturated carbocycles. The van der Waals surface area contributed by atoms with Gasteiger partial charge in [0.1, 0.15) is 0 Å². The van der Waals surface area contributed by atoms with Crippen LogP contribution in [0.5, 0.6) is 0 Å². The molecule has 1 fully saturated rings. The van der Waals surface area contributed by atoms with Crippen LogP contribution in [0.4, 0.5) is 5.82 Å². The molecule has 0 unspecified atom stereocenters. The van der Waals surface area contributed by atoms with Crippen LogP contribution in [-0.4, -0.2) is 5.16 Å². The van der Waals surface area contributed by atoms with Crippen molar-refractivity contribution in [1.82, 2.24) is 5.16 Å². The molecule has 3 nitrogen and oxygen atoms in total. The molecule has 0 atom stereocenters. The molecular formula is C17H22N2O. The molecule has 0 spiro atoms. The highest BCUT2D eigenvalue weighted by molar-refractivity contribution is 5.76. The Kier molecular flexibility index (Phi) is 3.28. The molecule has 3 heteroatoms. The largest absolute Gasteiger partial charge is 0.380 e. The molecule has 0 aliphatic heterocycles. The molecular weight excluding hydrogens is 248 g/mol. The van der Waals surface area contributed by atoms with E-state index < -0.39 is 0 Å². The van der Waals surface area contributed by atoms with Gasteiger partial charge in [0, 0.05) is 5.41 Å². The van der Waals surface area contributed by atoms with Gasteiger partial charge in [-0.25, -0.2) is 0 Å². The monoisotopic (exact) mass is 270 g/mol. The summed E-state index contributed by atoms with van der Waals surface area (Å²) in [7, 11) is 0. The van der Waals surface area contributed by atoms with E-state index in [1.165, 1.54) is 24.8 Å². The normalized spacial score (nSPS) is 18.1. The predicted molar refractivity (Wildman–Crippen MR) is 81.5 cm³/mol. The van der Waals surface area contributed by atoms with E-state index in [2.05, 4.69) is 43.3 Å². The van der Waals surface area contributed by atoms with Crippen molar-refractivity contribution in [3.63, 3.8) is 0 Å². The van der Waals surface area contributed by atoms with Gasteiger partial charge in [0.05, 0.1) is 5.56 Å². The fraction of sp³-hybridized carbons (Fsp3) is 0.471. The fourth-order valence-electron chi connectivity index (χ4n) is 3.35. The van der Waals surface area contributed by atoms with E-state index >= 15 is 0 Å². The lowest BCUT2D eigenvalue weighted by Gasteiger charge is -2.31. The average molecular weight is 270 g/mol. The molecule has 0 saturated heterocycles. The van der Waals surface area contributed by atoms with Gasteiger partial charge < -0.3 is 10.3 Å². The van der Waals surface area contributed by atoms with Crippen molar-refractivity contribution in [3.05, 3.63) is 35.6 Å². The van der Waals surface area contributed by atoms with E-state index in [4.69, 9.17) is 10.3 Å². The summed E-state index contributed by atoms with van der Waals surface area (Å²) in [4.78, 5) is 0. The van der Waals surface area contributed by atoms with Gasteiger partial charge in [-0.3, -0.25) is 0 Å². The van der Waals surface area contributed by atoms with E-state index in [0.717, 1.165) is 29.7 Å². The van der Waals surface area contributed by atoms with Gasteiger partial charge in [-0.15, -0.1) is 0 Å². The number of nitrogens with zero attached hydrogens (tertiary/aromatic N) is 1. The zero-order valence-corrected chi connectivity index (χ0v) is 12.3. The standard InChI is InChI=1S/C17H22N2O/c1-12-7-6-8-13(11-12)14-15(20-19-16(14)18)17(2)9-4-3-5-10-17/h6-8,11H,3-5,9-10H2,1-2H3,(H2,18,19). The van der Waals surface area contributed by atoms with Crippen molar-refractivity contribution in [2.24, 2.45) is 0 Å². The number of nitrogens with two attached hydrogens (primary N) is 1. The molecule has 1 heterocycles. The Bertz CT molecular complexity index is 609. The van der Waals surface area contributed by atoms with Gasteiger partial charge in [-0.1, -0.05) is 61.2 Å². The fourth-order valence-corrected chi connectivity index (χ4v) is 3.35. The lowest BCUT2D eigenvalue weighted by molar-refractivity contribution is 0.242. The van der Waals surface area contributed by atoms with Crippen LogP contribution in [0.15, 0.2) is 28.8 Å². The van der Waals surface area contributed by atoms with Crippen molar-refractivity contribution in [2.45, 2.75) is 51.4 Å². The molecule has 2 N–H and O–H groups in total. The Hall–Kier alpha value is -1.77. The summed E-state index contributed by atoms with van der Waals surface area (Å²) in [6, 6.07) is 8.39. The molecule has 3 rings (SSSR count). The number of aromatic nitrogens is 1. The molecule has 0 radical (unpaired) electrons. The summed E-state index contributed by atoms with van der Waals surface area (Å²) in [6.45, 7) is 4.38. The molecule has 1 aliphatic rings. The molecule has 0 amide bonds. The molecule has 1 aliphatic carbocycles. The number of nitrogen functional groups attached to an aromatic ring is 1. The van der Waals surface area contributed by atoms with E-state index in [1.807, 2.05) is 0 Å². The first-order valence-electron chi connectivity index (χ1n) is 7.43. The molecule has 1 aromatic heterocycles. The van der Waals surface area contributed by atoms with Crippen molar-refractivity contribution in [2.75, 3.05) is 5.73 Å². The maximum atomic E-state index is 6.08. The van der Waals surface area contributed by atoms with Crippen LogP contribution in [0, 0.1) is 6.92 Å². The van der Waals surface area contributed by atoms with Gasteiger partial charge in [-0.05, 0) is 25.3 Å².